The third kappa shape index (κ3) is 2.06. The van der Waals surface area contributed by atoms with Crippen molar-refractivity contribution >= 4 is 16.3 Å². The van der Waals surface area contributed by atoms with Gasteiger partial charge in [0.2, 0.25) is 0 Å². The van der Waals surface area contributed by atoms with Crippen molar-refractivity contribution in [3.8, 4) is 21.7 Å². The van der Waals surface area contributed by atoms with Crippen LogP contribution in [0.1, 0.15) is 5.56 Å². The van der Waals surface area contributed by atoms with Gasteiger partial charge in [0.05, 0.1) is 10.6 Å². The molecule has 3 heteroatoms. The zero-order valence-electron chi connectivity index (χ0n) is 11.7. The molecule has 0 spiro atoms. The predicted molar refractivity (Wildman–Crippen MR) is 88.7 cm³/mol. The Morgan fingerprint density at radius 3 is 2.43 bits per heavy atom. The molecule has 0 saturated heterocycles. The maximum atomic E-state index is 4.45. The van der Waals surface area contributed by atoms with Crippen molar-refractivity contribution in [1.29, 1.82) is 0 Å². The second-order valence-corrected chi connectivity index (χ2v) is 6.07. The van der Waals surface area contributed by atoms with E-state index in [4.69, 9.17) is 0 Å². The molecule has 4 rings (SSSR count). The molecule has 0 radical (unpaired) electrons. The standard InChI is InChI=1S/C18H14N2S/c1-13-7-9-15(10-8-13)17-16(14-5-3-2-4-6-14)20-12-11-19-18(20)21-17/h2-12H,1H3. The summed E-state index contributed by atoms with van der Waals surface area (Å²) in [5.74, 6) is 0. The van der Waals surface area contributed by atoms with Gasteiger partial charge in [0, 0.05) is 18.0 Å². The van der Waals surface area contributed by atoms with E-state index in [1.165, 1.54) is 27.3 Å². The highest BCUT2D eigenvalue weighted by atomic mass is 32.1. The van der Waals surface area contributed by atoms with E-state index >= 15 is 0 Å². The monoisotopic (exact) mass is 290 g/mol. The summed E-state index contributed by atoms with van der Waals surface area (Å²) < 4.78 is 2.18. The minimum Gasteiger partial charge on any atom is -0.290 e. The van der Waals surface area contributed by atoms with Gasteiger partial charge in [0.15, 0.2) is 4.96 Å². The van der Waals surface area contributed by atoms with Crippen LogP contribution in [0.5, 0.6) is 0 Å². The Balaban J connectivity index is 2.01. The fourth-order valence-electron chi connectivity index (χ4n) is 2.55. The summed E-state index contributed by atoms with van der Waals surface area (Å²) in [7, 11) is 0. The average molecular weight is 290 g/mol. The third-order valence-corrected chi connectivity index (χ3v) is 4.73. The highest BCUT2D eigenvalue weighted by Crippen LogP contribution is 2.38. The molecule has 4 aromatic rings. The first kappa shape index (κ1) is 12.4. The summed E-state index contributed by atoms with van der Waals surface area (Å²) >= 11 is 1.74. The van der Waals surface area contributed by atoms with Crippen LogP contribution < -0.4 is 0 Å². The van der Waals surface area contributed by atoms with Crippen molar-refractivity contribution in [2.45, 2.75) is 6.92 Å². The van der Waals surface area contributed by atoms with Crippen molar-refractivity contribution in [1.82, 2.24) is 9.38 Å². The number of nitrogens with zero attached hydrogens (tertiary/aromatic N) is 2. The van der Waals surface area contributed by atoms with Crippen LogP contribution in [0, 0.1) is 6.92 Å². The van der Waals surface area contributed by atoms with E-state index in [9.17, 15) is 0 Å². The summed E-state index contributed by atoms with van der Waals surface area (Å²) in [6.07, 6.45) is 3.89. The Bertz CT molecular complexity index is 886. The topological polar surface area (TPSA) is 17.3 Å². The maximum absolute atomic E-state index is 4.45. The fraction of sp³-hybridized carbons (Fsp3) is 0.0556. The van der Waals surface area contributed by atoms with Crippen LogP contribution in [0.25, 0.3) is 26.7 Å². The van der Waals surface area contributed by atoms with Gasteiger partial charge in [-0.25, -0.2) is 4.98 Å². The van der Waals surface area contributed by atoms with E-state index in [1.54, 1.807) is 11.3 Å². The number of hydrogen-bond acceptors (Lipinski definition) is 2. The molecule has 102 valence electrons. The molecule has 0 aliphatic heterocycles. The molecule has 0 aliphatic rings. The van der Waals surface area contributed by atoms with E-state index in [0.29, 0.717) is 0 Å². The van der Waals surface area contributed by atoms with Crippen molar-refractivity contribution in [2.75, 3.05) is 0 Å². The average Bonchev–Trinajstić information content (AvgIpc) is 3.09. The zero-order valence-corrected chi connectivity index (χ0v) is 12.5. The number of imidazole rings is 1. The Morgan fingerprint density at radius 2 is 1.67 bits per heavy atom. The molecule has 0 amide bonds. The van der Waals surface area contributed by atoms with E-state index < -0.39 is 0 Å². The summed E-state index contributed by atoms with van der Waals surface area (Å²) in [6.45, 7) is 2.11. The summed E-state index contributed by atoms with van der Waals surface area (Å²) in [5.41, 5.74) is 4.96. The molecule has 0 bridgehead atoms. The zero-order chi connectivity index (χ0) is 14.2. The first-order chi connectivity index (χ1) is 10.3. The quantitative estimate of drug-likeness (QED) is 0.505. The Hall–Kier alpha value is -2.39. The number of aromatic nitrogens is 2. The van der Waals surface area contributed by atoms with Crippen molar-refractivity contribution in [3.63, 3.8) is 0 Å². The Kier molecular flexibility index (Phi) is 2.86. The second-order valence-electron chi connectivity index (χ2n) is 5.09. The number of hydrogen-bond donors (Lipinski definition) is 0. The largest absolute Gasteiger partial charge is 0.290 e. The normalized spacial score (nSPS) is 11.1. The Labute approximate surface area is 127 Å². The highest BCUT2D eigenvalue weighted by Gasteiger charge is 2.15. The number of fused-ring (bicyclic) bond motifs is 1. The first-order valence-corrected chi connectivity index (χ1v) is 7.73. The molecule has 0 fully saturated rings. The van der Waals surface area contributed by atoms with Crippen molar-refractivity contribution in [2.24, 2.45) is 0 Å². The van der Waals surface area contributed by atoms with Crippen LogP contribution in [-0.4, -0.2) is 9.38 Å². The molecule has 2 aromatic heterocycles. The molecule has 2 nitrogen and oxygen atoms in total. The van der Waals surface area contributed by atoms with Crippen LogP contribution in [-0.2, 0) is 0 Å². The highest BCUT2D eigenvalue weighted by molar-refractivity contribution is 7.20. The van der Waals surface area contributed by atoms with Gasteiger partial charge in [-0.1, -0.05) is 71.5 Å². The Morgan fingerprint density at radius 1 is 0.905 bits per heavy atom. The summed E-state index contributed by atoms with van der Waals surface area (Å²) in [6, 6.07) is 19.2. The molecule has 0 unspecified atom stereocenters. The van der Waals surface area contributed by atoms with Gasteiger partial charge in [-0.2, -0.15) is 0 Å². The van der Waals surface area contributed by atoms with E-state index in [-0.39, 0.29) is 0 Å². The molecular formula is C18H14N2S. The molecule has 2 heterocycles. The van der Waals surface area contributed by atoms with Gasteiger partial charge < -0.3 is 0 Å². The van der Waals surface area contributed by atoms with Gasteiger partial charge in [-0.3, -0.25) is 4.40 Å². The molecule has 21 heavy (non-hydrogen) atoms. The van der Waals surface area contributed by atoms with Crippen LogP contribution in [0.3, 0.4) is 0 Å². The molecule has 0 N–H and O–H groups in total. The van der Waals surface area contributed by atoms with Gasteiger partial charge >= 0.3 is 0 Å². The van der Waals surface area contributed by atoms with Crippen LogP contribution in [0.4, 0.5) is 0 Å². The lowest BCUT2D eigenvalue weighted by Gasteiger charge is -2.05. The number of thiazole rings is 1. The van der Waals surface area contributed by atoms with Crippen LogP contribution in [0.15, 0.2) is 67.0 Å². The smallest absolute Gasteiger partial charge is 0.194 e. The number of benzene rings is 2. The van der Waals surface area contributed by atoms with Gasteiger partial charge in [-0.15, -0.1) is 0 Å². The van der Waals surface area contributed by atoms with E-state index in [0.717, 1.165) is 4.96 Å². The number of aryl methyl sites for hydroxylation is 1. The second kappa shape index (κ2) is 4.86. The minimum absolute atomic E-state index is 1.03. The molecular weight excluding hydrogens is 276 g/mol. The molecule has 2 aromatic carbocycles. The minimum atomic E-state index is 1.03. The predicted octanol–water partition coefficient (Wildman–Crippen LogP) is 5.04. The number of rotatable bonds is 2. The summed E-state index contributed by atoms with van der Waals surface area (Å²) in [4.78, 5) is 6.75. The third-order valence-electron chi connectivity index (χ3n) is 3.62. The summed E-state index contributed by atoms with van der Waals surface area (Å²) in [5, 5.41) is 0. The van der Waals surface area contributed by atoms with Crippen LogP contribution in [0.2, 0.25) is 0 Å². The van der Waals surface area contributed by atoms with Crippen molar-refractivity contribution in [3.05, 3.63) is 72.6 Å². The molecule has 0 aliphatic carbocycles. The molecule has 0 atom stereocenters. The lowest BCUT2D eigenvalue weighted by molar-refractivity contribution is 1.24. The van der Waals surface area contributed by atoms with Gasteiger partial charge in [0.1, 0.15) is 0 Å². The first-order valence-electron chi connectivity index (χ1n) is 6.91. The van der Waals surface area contributed by atoms with Gasteiger partial charge in [0.25, 0.3) is 0 Å². The lowest BCUT2D eigenvalue weighted by Crippen LogP contribution is -1.86. The van der Waals surface area contributed by atoms with Crippen molar-refractivity contribution < 1.29 is 0 Å². The van der Waals surface area contributed by atoms with E-state index in [2.05, 4.69) is 64.8 Å². The SMILES string of the molecule is Cc1ccc(-c2sc3nccn3c2-c2ccccc2)cc1. The van der Waals surface area contributed by atoms with Gasteiger partial charge in [-0.05, 0) is 12.5 Å². The lowest BCUT2D eigenvalue weighted by atomic mass is 10.1. The maximum Gasteiger partial charge on any atom is 0.194 e. The fourth-order valence-corrected chi connectivity index (χ4v) is 3.66. The molecule has 0 saturated carbocycles. The van der Waals surface area contributed by atoms with Crippen LogP contribution >= 0.6 is 11.3 Å². The van der Waals surface area contributed by atoms with E-state index in [1.807, 2.05) is 18.5 Å².